The number of rotatable bonds is 7. The molecule has 0 atom stereocenters. The number of aryl methyl sites for hydroxylation is 2. The Bertz CT molecular complexity index is 979. The van der Waals surface area contributed by atoms with E-state index in [0.29, 0.717) is 34.5 Å². The number of aromatic nitrogens is 2. The van der Waals surface area contributed by atoms with E-state index in [-0.39, 0.29) is 12.2 Å². The van der Waals surface area contributed by atoms with Crippen LogP contribution in [0.5, 0.6) is 5.75 Å². The van der Waals surface area contributed by atoms with Crippen LogP contribution in [0.2, 0.25) is 0 Å². The molecule has 3 rings (SSSR count). The van der Waals surface area contributed by atoms with Crippen LogP contribution in [0, 0.1) is 6.92 Å². The zero-order valence-corrected chi connectivity index (χ0v) is 15.5. The molecule has 136 valence electrons. The highest BCUT2D eigenvalue weighted by Crippen LogP contribution is 2.28. The van der Waals surface area contributed by atoms with Crippen molar-refractivity contribution < 1.29 is 17.7 Å². The first-order chi connectivity index (χ1) is 12.5. The topological polar surface area (TPSA) is 82.3 Å². The number of hydrogen-bond donors (Lipinski definition) is 0. The van der Waals surface area contributed by atoms with Crippen LogP contribution in [-0.4, -0.2) is 30.9 Å². The summed E-state index contributed by atoms with van der Waals surface area (Å²) in [7, 11) is -3.39. The maximum atomic E-state index is 12.4. The van der Waals surface area contributed by atoms with Crippen LogP contribution in [0.3, 0.4) is 0 Å². The summed E-state index contributed by atoms with van der Waals surface area (Å²) >= 11 is 0. The van der Waals surface area contributed by atoms with Crippen molar-refractivity contribution in [3.8, 4) is 17.2 Å². The van der Waals surface area contributed by atoms with Gasteiger partial charge in [-0.2, -0.15) is 4.98 Å². The average Bonchev–Trinajstić information content (AvgIpc) is 3.10. The molecule has 0 N–H and O–H groups in total. The minimum Gasteiger partial charge on any atom is -0.493 e. The molecule has 0 aliphatic carbocycles. The van der Waals surface area contributed by atoms with Crippen molar-refractivity contribution in [1.82, 2.24) is 10.1 Å². The van der Waals surface area contributed by atoms with Crippen LogP contribution in [-0.2, 0) is 16.3 Å². The molecule has 0 aliphatic heterocycles. The zero-order chi connectivity index (χ0) is 18.6. The van der Waals surface area contributed by atoms with Crippen LogP contribution in [0.1, 0.15) is 18.3 Å². The van der Waals surface area contributed by atoms with E-state index in [4.69, 9.17) is 9.26 Å². The third-order valence-corrected chi connectivity index (χ3v) is 5.59. The van der Waals surface area contributed by atoms with Gasteiger partial charge in [0.1, 0.15) is 5.75 Å². The van der Waals surface area contributed by atoms with Gasteiger partial charge in [0.2, 0.25) is 0 Å². The smallest absolute Gasteiger partial charge is 0.261 e. The van der Waals surface area contributed by atoms with E-state index in [1.165, 1.54) is 0 Å². The summed E-state index contributed by atoms with van der Waals surface area (Å²) in [5.74, 6) is 1.23. The first-order valence-corrected chi connectivity index (χ1v) is 9.99. The summed E-state index contributed by atoms with van der Waals surface area (Å²) in [6.07, 6.45) is 0.177. The minimum absolute atomic E-state index is 0.0812. The molecule has 26 heavy (non-hydrogen) atoms. The summed E-state index contributed by atoms with van der Waals surface area (Å²) in [4.78, 5) is 4.61. The van der Waals surface area contributed by atoms with E-state index in [1.54, 1.807) is 24.3 Å². The quantitative estimate of drug-likeness (QED) is 0.632. The standard InChI is InChI=1S/C19H20N2O4S/c1-3-24-17-7-5-4-6-16(17)19-20-18(21-25-19)12-13-26(22,23)15-10-8-14(2)9-11-15/h4-11H,3,12-13H2,1-2H3. The molecular formula is C19H20N2O4S. The lowest BCUT2D eigenvalue weighted by molar-refractivity contribution is 0.339. The molecule has 0 bridgehead atoms. The third kappa shape index (κ3) is 4.11. The molecule has 1 aromatic heterocycles. The van der Waals surface area contributed by atoms with Gasteiger partial charge in [0.05, 0.1) is 22.8 Å². The second kappa shape index (κ2) is 7.70. The monoisotopic (exact) mass is 372 g/mol. The van der Waals surface area contributed by atoms with Gasteiger partial charge in [-0.15, -0.1) is 0 Å². The van der Waals surface area contributed by atoms with Gasteiger partial charge in [0.25, 0.3) is 5.89 Å². The summed E-state index contributed by atoms with van der Waals surface area (Å²) in [5, 5.41) is 3.90. The largest absolute Gasteiger partial charge is 0.493 e. The highest BCUT2D eigenvalue weighted by molar-refractivity contribution is 7.91. The molecule has 7 heteroatoms. The second-order valence-electron chi connectivity index (χ2n) is 5.83. The Labute approximate surface area is 152 Å². The zero-order valence-electron chi connectivity index (χ0n) is 14.7. The van der Waals surface area contributed by atoms with Gasteiger partial charge >= 0.3 is 0 Å². The highest BCUT2D eigenvalue weighted by atomic mass is 32.2. The molecule has 2 aromatic carbocycles. The first-order valence-electron chi connectivity index (χ1n) is 8.34. The van der Waals surface area contributed by atoms with Crippen molar-refractivity contribution in [3.63, 3.8) is 0 Å². The number of sulfone groups is 1. The molecule has 0 radical (unpaired) electrons. The Morgan fingerprint density at radius 1 is 1.08 bits per heavy atom. The van der Waals surface area contributed by atoms with Crippen LogP contribution < -0.4 is 4.74 Å². The van der Waals surface area contributed by atoms with Crippen LogP contribution in [0.4, 0.5) is 0 Å². The van der Waals surface area contributed by atoms with E-state index in [0.717, 1.165) is 5.56 Å². The molecule has 0 saturated carbocycles. The summed E-state index contributed by atoms with van der Waals surface area (Å²) in [6, 6.07) is 14.2. The van der Waals surface area contributed by atoms with E-state index >= 15 is 0 Å². The van der Waals surface area contributed by atoms with E-state index < -0.39 is 9.84 Å². The van der Waals surface area contributed by atoms with Gasteiger partial charge in [-0.3, -0.25) is 0 Å². The van der Waals surface area contributed by atoms with Crippen LogP contribution >= 0.6 is 0 Å². The van der Waals surface area contributed by atoms with E-state index in [9.17, 15) is 8.42 Å². The maximum Gasteiger partial charge on any atom is 0.261 e. The molecule has 0 amide bonds. The number of nitrogens with zero attached hydrogens (tertiary/aromatic N) is 2. The Balaban J connectivity index is 1.74. The van der Waals surface area contributed by atoms with Crippen molar-refractivity contribution in [1.29, 1.82) is 0 Å². The molecule has 0 fully saturated rings. The highest BCUT2D eigenvalue weighted by Gasteiger charge is 2.18. The van der Waals surface area contributed by atoms with Crippen molar-refractivity contribution in [2.75, 3.05) is 12.4 Å². The molecular weight excluding hydrogens is 352 g/mol. The van der Waals surface area contributed by atoms with Gasteiger partial charge in [-0.05, 0) is 38.1 Å². The molecule has 0 unspecified atom stereocenters. The summed E-state index contributed by atoms with van der Waals surface area (Å²) < 4.78 is 35.7. The lowest BCUT2D eigenvalue weighted by atomic mass is 10.2. The van der Waals surface area contributed by atoms with Crippen molar-refractivity contribution in [2.24, 2.45) is 0 Å². The maximum absolute atomic E-state index is 12.4. The Morgan fingerprint density at radius 3 is 2.54 bits per heavy atom. The van der Waals surface area contributed by atoms with E-state index in [2.05, 4.69) is 10.1 Å². The van der Waals surface area contributed by atoms with Crippen molar-refractivity contribution >= 4 is 9.84 Å². The molecule has 6 nitrogen and oxygen atoms in total. The van der Waals surface area contributed by atoms with Crippen LogP contribution in [0.25, 0.3) is 11.5 Å². The van der Waals surface area contributed by atoms with Gasteiger partial charge in [0, 0.05) is 6.42 Å². The Kier molecular flexibility index (Phi) is 5.37. The molecule has 3 aromatic rings. The fourth-order valence-corrected chi connectivity index (χ4v) is 3.72. The van der Waals surface area contributed by atoms with Gasteiger partial charge in [0.15, 0.2) is 15.7 Å². The van der Waals surface area contributed by atoms with Crippen LogP contribution in [0.15, 0.2) is 57.9 Å². The number of benzene rings is 2. The molecule has 0 spiro atoms. The Hall–Kier alpha value is -2.67. The number of ether oxygens (including phenoxy) is 1. The lowest BCUT2D eigenvalue weighted by Gasteiger charge is -2.05. The molecule has 0 aliphatic rings. The predicted octanol–water partition coefficient (Wildman–Crippen LogP) is 3.46. The second-order valence-corrected chi connectivity index (χ2v) is 7.94. The minimum atomic E-state index is -3.39. The fourth-order valence-electron chi connectivity index (χ4n) is 2.48. The molecule has 0 saturated heterocycles. The third-order valence-electron chi connectivity index (χ3n) is 3.86. The normalized spacial score (nSPS) is 11.5. The predicted molar refractivity (Wildman–Crippen MR) is 97.8 cm³/mol. The summed E-state index contributed by atoms with van der Waals surface area (Å²) in [6.45, 7) is 4.33. The first kappa shape index (κ1) is 18.1. The van der Waals surface area contributed by atoms with Gasteiger partial charge in [-0.1, -0.05) is 35.0 Å². The van der Waals surface area contributed by atoms with Gasteiger partial charge in [-0.25, -0.2) is 8.42 Å². The van der Waals surface area contributed by atoms with Crippen molar-refractivity contribution in [3.05, 3.63) is 59.9 Å². The van der Waals surface area contributed by atoms with E-state index in [1.807, 2.05) is 38.1 Å². The number of para-hydroxylation sites is 1. The SMILES string of the molecule is CCOc1ccccc1-c1nc(CCS(=O)(=O)c2ccc(C)cc2)no1. The fraction of sp³-hybridized carbons (Fsp3) is 0.263. The van der Waals surface area contributed by atoms with Crippen molar-refractivity contribution in [2.45, 2.75) is 25.2 Å². The van der Waals surface area contributed by atoms with Gasteiger partial charge < -0.3 is 9.26 Å². The number of hydrogen-bond acceptors (Lipinski definition) is 6. The lowest BCUT2D eigenvalue weighted by Crippen LogP contribution is -2.10. The molecule has 1 heterocycles. The Morgan fingerprint density at radius 2 is 1.81 bits per heavy atom. The average molecular weight is 372 g/mol. The summed E-state index contributed by atoms with van der Waals surface area (Å²) in [5.41, 5.74) is 1.70.